The van der Waals surface area contributed by atoms with Gasteiger partial charge in [-0.15, -0.1) is 0 Å². The van der Waals surface area contributed by atoms with Crippen molar-refractivity contribution in [1.29, 1.82) is 0 Å². The number of aromatic nitrogens is 1. The van der Waals surface area contributed by atoms with E-state index >= 15 is 0 Å². The lowest BCUT2D eigenvalue weighted by molar-refractivity contribution is 0.584. The zero-order valence-corrected chi connectivity index (χ0v) is 7.85. The number of sulfonamides is 1. The first-order valence-electron chi connectivity index (χ1n) is 3.12. The minimum atomic E-state index is -3.52. The molecule has 0 aromatic carbocycles. The number of rotatable bonds is 2. The molecule has 0 amide bonds. The molecule has 1 N–H and O–H groups in total. The smallest absolute Gasteiger partial charge is 0.242 e. The lowest BCUT2D eigenvalue weighted by Crippen LogP contribution is -2.20. The molecule has 0 aliphatic rings. The SMILES string of the molecule is CNS(=O)(=O)c1ncccc1Cl. The van der Waals surface area contributed by atoms with E-state index in [9.17, 15) is 8.42 Å². The Balaban J connectivity index is 3.30. The van der Waals surface area contributed by atoms with Gasteiger partial charge in [-0.2, -0.15) is 0 Å². The summed E-state index contributed by atoms with van der Waals surface area (Å²) < 4.78 is 24.5. The predicted molar refractivity (Wildman–Crippen MR) is 45.5 cm³/mol. The molecule has 0 aliphatic heterocycles. The zero-order chi connectivity index (χ0) is 9.19. The van der Waals surface area contributed by atoms with Crippen LogP contribution in [0.4, 0.5) is 0 Å². The van der Waals surface area contributed by atoms with E-state index in [0.29, 0.717) is 0 Å². The molecule has 0 aliphatic carbocycles. The molecule has 1 aromatic heterocycles. The second kappa shape index (κ2) is 3.38. The van der Waals surface area contributed by atoms with Gasteiger partial charge < -0.3 is 0 Å². The van der Waals surface area contributed by atoms with Gasteiger partial charge in [-0.05, 0) is 19.2 Å². The second-order valence-corrected chi connectivity index (χ2v) is 4.21. The van der Waals surface area contributed by atoms with E-state index in [0.717, 1.165) is 0 Å². The highest BCUT2D eigenvalue weighted by molar-refractivity contribution is 7.89. The van der Waals surface area contributed by atoms with Gasteiger partial charge in [0.05, 0.1) is 5.02 Å². The van der Waals surface area contributed by atoms with Crippen molar-refractivity contribution in [3.63, 3.8) is 0 Å². The van der Waals surface area contributed by atoms with Crippen LogP contribution in [0.25, 0.3) is 0 Å². The molecule has 1 aromatic rings. The maximum Gasteiger partial charge on any atom is 0.259 e. The number of hydrogen-bond donors (Lipinski definition) is 1. The van der Waals surface area contributed by atoms with Crippen molar-refractivity contribution < 1.29 is 8.42 Å². The number of pyridine rings is 1. The predicted octanol–water partition coefficient (Wildman–Crippen LogP) is 0.643. The average Bonchev–Trinajstić information content (AvgIpc) is 2.05. The van der Waals surface area contributed by atoms with Crippen LogP contribution in [0.2, 0.25) is 5.02 Å². The van der Waals surface area contributed by atoms with Crippen molar-refractivity contribution in [3.05, 3.63) is 23.4 Å². The van der Waals surface area contributed by atoms with E-state index in [1.807, 2.05) is 0 Å². The van der Waals surface area contributed by atoms with Crippen molar-refractivity contribution in [2.24, 2.45) is 0 Å². The Morgan fingerprint density at radius 3 is 2.75 bits per heavy atom. The van der Waals surface area contributed by atoms with Crippen molar-refractivity contribution >= 4 is 21.6 Å². The normalized spacial score (nSPS) is 11.5. The molecule has 0 saturated carbocycles. The van der Waals surface area contributed by atoms with Crippen LogP contribution in [0.5, 0.6) is 0 Å². The highest BCUT2D eigenvalue weighted by Crippen LogP contribution is 2.16. The molecule has 1 heterocycles. The zero-order valence-electron chi connectivity index (χ0n) is 6.28. The lowest BCUT2D eigenvalue weighted by Gasteiger charge is -2.01. The van der Waals surface area contributed by atoms with Crippen molar-refractivity contribution in [3.8, 4) is 0 Å². The molecule has 12 heavy (non-hydrogen) atoms. The lowest BCUT2D eigenvalue weighted by atomic mass is 10.5. The molecule has 1 rings (SSSR count). The van der Waals surface area contributed by atoms with Gasteiger partial charge in [0.2, 0.25) is 0 Å². The van der Waals surface area contributed by atoms with E-state index in [1.165, 1.54) is 19.3 Å². The van der Waals surface area contributed by atoms with Crippen LogP contribution in [0, 0.1) is 0 Å². The summed E-state index contributed by atoms with van der Waals surface area (Å²) >= 11 is 5.61. The van der Waals surface area contributed by atoms with Crippen LogP contribution in [-0.4, -0.2) is 20.4 Å². The highest BCUT2D eigenvalue weighted by atomic mass is 35.5. The minimum absolute atomic E-state index is 0.117. The molecule has 0 saturated heterocycles. The maximum atomic E-state index is 11.2. The molecule has 0 unspecified atom stereocenters. The number of halogens is 1. The van der Waals surface area contributed by atoms with E-state index in [1.54, 1.807) is 6.07 Å². The molecule has 0 bridgehead atoms. The number of nitrogens with one attached hydrogen (secondary N) is 1. The molecule has 0 fully saturated rings. The third-order valence-electron chi connectivity index (χ3n) is 1.25. The molecular formula is C6H7ClN2O2S. The average molecular weight is 207 g/mol. The van der Waals surface area contributed by atoms with Crippen LogP contribution in [-0.2, 0) is 10.0 Å². The van der Waals surface area contributed by atoms with Crippen LogP contribution < -0.4 is 4.72 Å². The maximum absolute atomic E-state index is 11.2. The summed E-state index contributed by atoms with van der Waals surface area (Å²) in [5, 5.41) is -0.0268. The first-order chi connectivity index (χ1) is 5.58. The third kappa shape index (κ3) is 1.74. The van der Waals surface area contributed by atoms with Gasteiger partial charge in [0.25, 0.3) is 10.0 Å². The van der Waals surface area contributed by atoms with E-state index in [2.05, 4.69) is 9.71 Å². The molecule has 66 valence electrons. The minimum Gasteiger partial charge on any atom is -0.242 e. The van der Waals surface area contributed by atoms with Gasteiger partial charge in [-0.1, -0.05) is 11.6 Å². The second-order valence-electron chi connectivity index (χ2n) is 2.00. The van der Waals surface area contributed by atoms with Crippen LogP contribution in [0.1, 0.15) is 0 Å². The van der Waals surface area contributed by atoms with Gasteiger partial charge in [-0.25, -0.2) is 18.1 Å². The van der Waals surface area contributed by atoms with E-state index < -0.39 is 10.0 Å². The number of hydrogen-bond acceptors (Lipinski definition) is 3. The Morgan fingerprint density at radius 2 is 2.25 bits per heavy atom. The van der Waals surface area contributed by atoms with E-state index in [-0.39, 0.29) is 10.0 Å². The summed E-state index contributed by atoms with van der Waals surface area (Å²) in [4.78, 5) is 3.64. The standard InChI is InChI=1S/C6H7ClN2O2S/c1-8-12(10,11)6-5(7)3-2-4-9-6/h2-4,8H,1H3. The van der Waals surface area contributed by atoms with Crippen LogP contribution in [0.3, 0.4) is 0 Å². The molecule has 0 atom stereocenters. The Hall–Kier alpha value is -0.650. The molecule has 4 nitrogen and oxygen atoms in total. The summed E-state index contributed by atoms with van der Waals surface area (Å²) in [5.74, 6) is 0. The fraction of sp³-hybridized carbons (Fsp3) is 0.167. The molecular weight excluding hydrogens is 200 g/mol. The van der Waals surface area contributed by atoms with Crippen molar-refractivity contribution in [2.45, 2.75) is 5.03 Å². The van der Waals surface area contributed by atoms with Crippen LogP contribution in [0.15, 0.2) is 23.4 Å². The summed E-state index contributed by atoms with van der Waals surface area (Å²) in [5.41, 5.74) is 0. The largest absolute Gasteiger partial charge is 0.259 e. The van der Waals surface area contributed by atoms with E-state index in [4.69, 9.17) is 11.6 Å². The van der Waals surface area contributed by atoms with Gasteiger partial charge in [0.1, 0.15) is 0 Å². The molecule has 0 spiro atoms. The van der Waals surface area contributed by atoms with Crippen molar-refractivity contribution in [2.75, 3.05) is 7.05 Å². The Labute approximate surface area is 75.6 Å². The molecule has 6 heteroatoms. The Bertz CT molecular complexity index is 377. The quantitative estimate of drug-likeness (QED) is 0.773. The summed E-state index contributed by atoms with van der Waals surface area (Å²) in [7, 11) is -2.22. The fourth-order valence-electron chi connectivity index (χ4n) is 0.666. The monoisotopic (exact) mass is 206 g/mol. The van der Waals surface area contributed by atoms with Gasteiger partial charge >= 0.3 is 0 Å². The fourth-order valence-corrected chi connectivity index (χ4v) is 1.81. The summed E-state index contributed by atoms with van der Waals surface area (Å²) in [6, 6.07) is 3.04. The Kier molecular flexibility index (Phi) is 2.66. The molecule has 0 radical (unpaired) electrons. The van der Waals surface area contributed by atoms with Crippen molar-refractivity contribution in [1.82, 2.24) is 9.71 Å². The summed E-state index contributed by atoms with van der Waals surface area (Å²) in [6.07, 6.45) is 1.37. The highest BCUT2D eigenvalue weighted by Gasteiger charge is 2.15. The summed E-state index contributed by atoms with van der Waals surface area (Å²) in [6.45, 7) is 0. The van der Waals surface area contributed by atoms with Crippen LogP contribution >= 0.6 is 11.6 Å². The van der Waals surface area contributed by atoms with Gasteiger partial charge in [0.15, 0.2) is 5.03 Å². The first kappa shape index (κ1) is 9.44. The van der Waals surface area contributed by atoms with Gasteiger partial charge in [-0.3, -0.25) is 0 Å². The third-order valence-corrected chi connectivity index (χ3v) is 3.04. The van der Waals surface area contributed by atoms with Gasteiger partial charge in [0, 0.05) is 6.20 Å². The first-order valence-corrected chi connectivity index (χ1v) is 4.98. The Morgan fingerprint density at radius 1 is 1.58 bits per heavy atom. The topological polar surface area (TPSA) is 59.1 Å². The number of nitrogens with zero attached hydrogens (tertiary/aromatic N) is 1.